The van der Waals surface area contributed by atoms with Gasteiger partial charge >= 0.3 is 0 Å². The Bertz CT molecular complexity index is 846. The third-order valence-electron chi connectivity index (χ3n) is 5.32. The van der Waals surface area contributed by atoms with Crippen LogP contribution in [0.1, 0.15) is 67.2 Å². The first-order valence-electron chi connectivity index (χ1n) is 9.83. The molecule has 3 rings (SSSR count). The summed E-state index contributed by atoms with van der Waals surface area (Å²) < 4.78 is 0. The molecule has 0 fully saturated rings. The van der Waals surface area contributed by atoms with Gasteiger partial charge in [0, 0.05) is 5.33 Å². The van der Waals surface area contributed by atoms with Gasteiger partial charge in [-0.05, 0) is 90.6 Å². The van der Waals surface area contributed by atoms with Crippen molar-refractivity contribution in [3.05, 3.63) is 64.7 Å². The van der Waals surface area contributed by atoms with E-state index in [1.807, 2.05) is 24.3 Å². The van der Waals surface area contributed by atoms with Gasteiger partial charge in [-0.3, -0.25) is 0 Å². The van der Waals surface area contributed by atoms with E-state index >= 15 is 0 Å². The van der Waals surface area contributed by atoms with Crippen molar-refractivity contribution >= 4 is 27.1 Å². The first kappa shape index (κ1) is 19.7. The second kappa shape index (κ2) is 9.76. The second-order valence-electron chi connectivity index (χ2n) is 7.19. The Kier molecular flexibility index (Phi) is 7.12. The Morgan fingerprint density at radius 2 is 1.74 bits per heavy atom. The van der Waals surface area contributed by atoms with Gasteiger partial charge in [0.25, 0.3) is 0 Å². The molecule has 0 unspecified atom stereocenters. The maximum absolute atomic E-state index is 9.93. The summed E-state index contributed by atoms with van der Waals surface area (Å²) in [6.07, 6.45) is 9.09. The SMILES string of the molecule is N#Cc1ccc(C2=C(CCCCCCBr)c3ccc(O)cc3CCC2)cc1. The standard InChI is InChI=1S/C24H26BrNO/c25-15-4-2-1-3-7-24-22(19-11-9-18(17-26)10-12-19)8-5-6-20-16-21(27)13-14-23(20)24/h9-14,16,27H,1-8,15H2. The predicted molar refractivity (Wildman–Crippen MR) is 116 cm³/mol. The fourth-order valence-corrected chi connectivity index (χ4v) is 4.35. The number of nitriles is 1. The molecular weight excluding hydrogens is 398 g/mol. The monoisotopic (exact) mass is 423 g/mol. The Morgan fingerprint density at radius 1 is 0.963 bits per heavy atom. The molecule has 2 aromatic carbocycles. The number of phenols is 1. The van der Waals surface area contributed by atoms with E-state index in [4.69, 9.17) is 5.26 Å². The number of halogens is 1. The van der Waals surface area contributed by atoms with Gasteiger partial charge in [0.15, 0.2) is 0 Å². The van der Waals surface area contributed by atoms with E-state index in [1.165, 1.54) is 53.5 Å². The van der Waals surface area contributed by atoms with Crippen molar-refractivity contribution in [3.63, 3.8) is 0 Å². The molecule has 1 aliphatic carbocycles. The highest BCUT2D eigenvalue weighted by Crippen LogP contribution is 2.39. The number of phenolic OH excluding ortho intramolecular Hbond substituents is 1. The third-order valence-corrected chi connectivity index (χ3v) is 5.88. The third kappa shape index (κ3) is 5.02. The average molecular weight is 424 g/mol. The number of nitrogens with zero attached hydrogens (tertiary/aromatic N) is 1. The molecule has 27 heavy (non-hydrogen) atoms. The van der Waals surface area contributed by atoms with Crippen LogP contribution in [0.5, 0.6) is 5.75 Å². The van der Waals surface area contributed by atoms with Crippen LogP contribution in [0.3, 0.4) is 0 Å². The number of hydrogen-bond acceptors (Lipinski definition) is 2. The highest BCUT2D eigenvalue weighted by Gasteiger charge is 2.18. The number of benzene rings is 2. The lowest BCUT2D eigenvalue weighted by Gasteiger charge is -2.16. The van der Waals surface area contributed by atoms with E-state index in [0.29, 0.717) is 11.3 Å². The van der Waals surface area contributed by atoms with Gasteiger partial charge < -0.3 is 5.11 Å². The minimum Gasteiger partial charge on any atom is -0.508 e. The number of alkyl halides is 1. The maximum Gasteiger partial charge on any atom is 0.115 e. The number of aryl methyl sites for hydroxylation is 1. The number of aromatic hydroxyl groups is 1. The van der Waals surface area contributed by atoms with E-state index in [-0.39, 0.29) is 0 Å². The van der Waals surface area contributed by atoms with Gasteiger partial charge in [-0.1, -0.05) is 47.0 Å². The molecule has 0 atom stereocenters. The lowest BCUT2D eigenvalue weighted by molar-refractivity contribution is 0.474. The lowest BCUT2D eigenvalue weighted by atomic mass is 9.89. The molecule has 0 saturated heterocycles. The van der Waals surface area contributed by atoms with Gasteiger partial charge in [0.05, 0.1) is 11.6 Å². The Hall–Kier alpha value is -2.05. The first-order chi connectivity index (χ1) is 13.2. The average Bonchev–Trinajstić information content (AvgIpc) is 2.87. The van der Waals surface area contributed by atoms with Crippen LogP contribution in [0, 0.1) is 11.3 Å². The zero-order valence-electron chi connectivity index (χ0n) is 15.7. The quantitative estimate of drug-likeness (QED) is 0.390. The second-order valence-corrected chi connectivity index (χ2v) is 7.99. The molecule has 0 aromatic heterocycles. The first-order valence-corrected chi connectivity index (χ1v) is 11.0. The molecule has 0 saturated carbocycles. The molecule has 2 nitrogen and oxygen atoms in total. The van der Waals surface area contributed by atoms with E-state index in [9.17, 15) is 5.11 Å². The molecule has 0 heterocycles. The van der Waals surface area contributed by atoms with Crippen LogP contribution in [-0.4, -0.2) is 10.4 Å². The molecule has 1 aliphatic rings. The summed E-state index contributed by atoms with van der Waals surface area (Å²) in [5.41, 5.74) is 7.31. The van der Waals surface area contributed by atoms with E-state index in [1.54, 1.807) is 0 Å². The lowest BCUT2D eigenvalue weighted by Crippen LogP contribution is -1.95. The summed E-state index contributed by atoms with van der Waals surface area (Å²) in [6.45, 7) is 0. The van der Waals surface area contributed by atoms with Crippen molar-refractivity contribution < 1.29 is 5.11 Å². The van der Waals surface area contributed by atoms with Crippen LogP contribution < -0.4 is 0 Å². The Balaban J connectivity index is 1.97. The zero-order chi connectivity index (χ0) is 19.1. The van der Waals surface area contributed by atoms with Gasteiger partial charge in [-0.25, -0.2) is 0 Å². The van der Waals surface area contributed by atoms with Gasteiger partial charge in [0.2, 0.25) is 0 Å². The minimum atomic E-state index is 0.354. The van der Waals surface area contributed by atoms with Crippen molar-refractivity contribution in [1.82, 2.24) is 0 Å². The maximum atomic E-state index is 9.93. The van der Waals surface area contributed by atoms with Crippen LogP contribution in [0.4, 0.5) is 0 Å². The summed E-state index contributed by atoms with van der Waals surface area (Å²) in [5.74, 6) is 0.354. The number of rotatable bonds is 7. The molecule has 0 amide bonds. The van der Waals surface area contributed by atoms with Crippen LogP contribution >= 0.6 is 15.9 Å². The van der Waals surface area contributed by atoms with Crippen LogP contribution in [-0.2, 0) is 6.42 Å². The normalized spacial score (nSPS) is 13.8. The largest absolute Gasteiger partial charge is 0.508 e. The molecule has 1 N–H and O–H groups in total. The molecule has 0 bridgehead atoms. The van der Waals surface area contributed by atoms with Gasteiger partial charge in [0.1, 0.15) is 5.75 Å². The van der Waals surface area contributed by atoms with Gasteiger partial charge in [-0.2, -0.15) is 5.26 Å². The molecule has 0 aliphatic heterocycles. The molecular formula is C24H26BrNO. The number of fused-ring (bicyclic) bond motifs is 1. The van der Waals surface area contributed by atoms with Crippen LogP contribution in [0.2, 0.25) is 0 Å². The zero-order valence-corrected chi connectivity index (χ0v) is 17.3. The van der Waals surface area contributed by atoms with Crippen molar-refractivity contribution in [2.75, 3.05) is 5.33 Å². The summed E-state index contributed by atoms with van der Waals surface area (Å²) in [7, 11) is 0. The molecule has 3 heteroatoms. The molecule has 0 radical (unpaired) electrons. The molecule has 140 valence electrons. The Morgan fingerprint density at radius 3 is 2.48 bits per heavy atom. The summed E-state index contributed by atoms with van der Waals surface area (Å²) >= 11 is 3.51. The van der Waals surface area contributed by atoms with E-state index in [2.05, 4.69) is 40.2 Å². The van der Waals surface area contributed by atoms with Crippen molar-refractivity contribution in [2.45, 2.75) is 51.4 Å². The fraction of sp³-hybridized carbons (Fsp3) is 0.375. The van der Waals surface area contributed by atoms with Crippen LogP contribution in [0.25, 0.3) is 11.1 Å². The van der Waals surface area contributed by atoms with Crippen LogP contribution in [0.15, 0.2) is 42.5 Å². The topological polar surface area (TPSA) is 44.0 Å². The summed E-state index contributed by atoms with van der Waals surface area (Å²) in [4.78, 5) is 0. The smallest absolute Gasteiger partial charge is 0.115 e. The molecule has 0 spiro atoms. The summed E-state index contributed by atoms with van der Waals surface area (Å²) in [5, 5.41) is 20.1. The molecule has 2 aromatic rings. The number of hydrogen-bond donors (Lipinski definition) is 1. The van der Waals surface area contributed by atoms with E-state index in [0.717, 1.165) is 31.0 Å². The van der Waals surface area contributed by atoms with Crippen molar-refractivity contribution in [3.8, 4) is 11.8 Å². The number of allylic oxidation sites excluding steroid dienone is 2. The van der Waals surface area contributed by atoms with Crippen molar-refractivity contribution in [1.29, 1.82) is 5.26 Å². The Labute approximate surface area is 170 Å². The summed E-state index contributed by atoms with van der Waals surface area (Å²) in [6, 6.07) is 16.0. The van der Waals surface area contributed by atoms with E-state index < -0.39 is 0 Å². The highest BCUT2D eigenvalue weighted by molar-refractivity contribution is 9.09. The minimum absolute atomic E-state index is 0.354. The van der Waals surface area contributed by atoms with Crippen molar-refractivity contribution in [2.24, 2.45) is 0 Å². The highest BCUT2D eigenvalue weighted by atomic mass is 79.9. The fourth-order valence-electron chi connectivity index (χ4n) is 3.95. The van der Waals surface area contributed by atoms with Gasteiger partial charge in [-0.15, -0.1) is 0 Å². The number of unbranched alkanes of at least 4 members (excludes halogenated alkanes) is 3. The predicted octanol–water partition coefficient (Wildman–Crippen LogP) is 6.86.